The zero-order valence-corrected chi connectivity index (χ0v) is 18.5. The van der Waals surface area contributed by atoms with Gasteiger partial charge in [-0.3, -0.25) is 14.5 Å². The molecule has 1 saturated heterocycles. The summed E-state index contributed by atoms with van der Waals surface area (Å²) in [5.41, 5.74) is 5.08. The van der Waals surface area contributed by atoms with E-state index < -0.39 is 0 Å². The fourth-order valence-electron chi connectivity index (χ4n) is 4.32. The van der Waals surface area contributed by atoms with Crippen molar-refractivity contribution in [2.45, 2.75) is 40.2 Å². The number of carbonyl (C=O) groups excluding carboxylic acids is 2. The summed E-state index contributed by atoms with van der Waals surface area (Å²) in [5.74, 6) is 0.0872. The van der Waals surface area contributed by atoms with Gasteiger partial charge in [0.05, 0.1) is 12.1 Å². The van der Waals surface area contributed by atoms with E-state index >= 15 is 0 Å². The monoisotopic (exact) mass is 422 g/mol. The second-order valence-electron chi connectivity index (χ2n) is 8.54. The van der Waals surface area contributed by atoms with E-state index in [1.807, 2.05) is 37.3 Å². The molecule has 0 aliphatic carbocycles. The number of nitrogens with zero attached hydrogens (tertiary/aromatic N) is 2. The van der Waals surface area contributed by atoms with E-state index in [1.54, 1.807) is 12.1 Å². The van der Waals surface area contributed by atoms with Crippen molar-refractivity contribution in [3.8, 4) is 0 Å². The van der Waals surface area contributed by atoms with Crippen molar-refractivity contribution in [3.63, 3.8) is 0 Å². The number of piperidine rings is 1. The van der Waals surface area contributed by atoms with Crippen LogP contribution in [-0.2, 0) is 16.1 Å². The summed E-state index contributed by atoms with van der Waals surface area (Å²) < 4.78 is 0. The van der Waals surface area contributed by atoms with E-state index in [4.69, 9.17) is 11.6 Å². The third-order valence-electron chi connectivity index (χ3n) is 6.17. The molecule has 4 nitrogen and oxygen atoms in total. The van der Waals surface area contributed by atoms with Crippen LogP contribution in [0.1, 0.15) is 42.0 Å². The third-order valence-corrected chi connectivity index (χ3v) is 6.42. The van der Waals surface area contributed by atoms with E-state index in [2.05, 4.69) is 18.7 Å². The first-order valence-corrected chi connectivity index (χ1v) is 10.9. The van der Waals surface area contributed by atoms with Crippen LogP contribution in [0.3, 0.4) is 0 Å². The fraction of sp³-hybridized carbons (Fsp3) is 0.360. The first-order valence-electron chi connectivity index (χ1n) is 10.5. The maximum absolute atomic E-state index is 13.5. The molecule has 0 radical (unpaired) electrons. The van der Waals surface area contributed by atoms with Crippen molar-refractivity contribution in [1.29, 1.82) is 0 Å². The molecule has 5 heteroatoms. The summed E-state index contributed by atoms with van der Waals surface area (Å²) in [6, 6.07) is 13.3. The van der Waals surface area contributed by atoms with Crippen molar-refractivity contribution >= 4 is 29.0 Å². The molecule has 2 aromatic carbocycles. The van der Waals surface area contributed by atoms with Crippen molar-refractivity contribution < 1.29 is 9.59 Å². The zero-order valence-electron chi connectivity index (χ0n) is 17.7. The molecule has 0 bridgehead atoms. The van der Waals surface area contributed by atoms with Crippen LogP contribution in [0.2, 0.25) is 5.02 Å². The molecule has 0 saturated carbocycles. The van der Waals surface area contributed by atoms with Crippen LogP contribution in [0.4, 0.5) is 0 Å². The predicted molar refractivity (Wildman–Crippen MR) is 120 cm³/mol. The van der Waals surface area contributed by atoms with E-state index in [-0.39, 0.29) is 18.4 Å². The van der Waals surface area contributed by atoms with E-state index in [0.717, 1.165) is 42.6 Å². The molecule has 2 aliphatic rings. The number of benzene rings is 2. The lowest BCUT2D eigenvalue weighted by Gasteiger charge is -2.33. The molecule has 2 aromatic rings. The smallest absolute Gasteiger partial charge is 0.278 e. The number of aryl methyl sites for hydroxylation is 2. The van der Waals surface area contributed by atoms with Crippen LogP contribution in [0.5, 0.6) is 0 Å². The molecular weight excluding hydrogens is 396 g/mol. The Morgan fingerprint density at radius 3 is 2.40 bits per heavy atom. The average Bonchev–Trinajstić information content (AvgIpc) is 2.96. The Balaban J connectivity index is 1.75. The molecule has 2 amide bonds. The van der Waals surface area contributed by atoms with Gasteiger partial charge in [-0.15, -0.1) is 0 Å². The minimum atomic E-state index is -0.216. The molecule has 0 N–H and O–H groups in total. The highest BCUT2D eigenvalue weighted by atomic mass is 35.5. The molecule has 1 unspecified atom stereocenters. The Morgan fingerprint density at radius 1 is 1.00 bits per heavy atom. The van der Waals surface area contributed by atoms with Gasteiger partial charge in [0, 0.05) is 18.1 Å². The number of hydrogen-bond acceptors (Lipinski definition) is 3. The number of imide groups is 1. The molecule has 4 rings (SSSR count). The molecule has 30 heavy (non-hydrogen) atoms. The SMILES string of the molecule is Cc1ccc(C2=C(N3CCCC(C)C3)C(=O)N(Cc3ccc(Cl)cc3)C2=O)cc1C. The van der Waals surface area contributed by atoms with Gasteiger partial charge in [-0.05, 0) is 67.0 Å². The summed E-state index contributed by atoms with van der Waals surface area (Å²) >= 11 is 5.99. The lowest BCUT2D eigenvalue weighted by Crippen LogP contribution is -2.39. The highest BCUT2D eigenvalue weighted by molar-refractivity contribution is 6.35. The van der Waals surface area contributed by atoms with Crippen LogP contribution in [0, 0.1) is 19.8 Å². The summed E-state index contributed by atoms with van der Waals surface area (Å²) in [4.78, 5) is 30.5. The van der Waals surface area contributed by atoms with Gasteiger partial charge in [0.1, 0.15) is 5.70 Å². The maximum atomic E-state index is 13.5. The average molecular weight is 423 g/mol. The topological polar surface area (TPSA) is 40.6 Å². The molecule has 0 aromatic heterocycles. The van der Waals surface area contributed by atoms with Crippen LogP contribution in [0.25, 0.3) is 5.57 Å². The number of rotatable bonds is 4. The molecule has 0 spiro atoms. The van der Waals surface area contributed by atoms with Gasteiger partial charge in [-0.2, -0.15) is 0 Å². The lowest BCUT2D eigenvalue weighted by atomic mass is 9.96. The summed E-state index contributed by atoms with van der Waals surface area (Å²) in [6.45, 7) is 8.15. The first-order chi connectivity index (χ1) is 14.3. The summed E-state index contributed by atoms with van der Waals surface area (Å²) in [7, 11) is 0. The van der Waals surface area contributed by atoms with Crippen molar-refractivity contribution in [2.75, 3.05) is 13.1 Å². The Morgan fingerprint density at radius 2 is 1.73 bits per heavy atom. The minimum Gasteiger partial charge on any atom is -0.366 e. The quantitative estimate of drug-likeness (QED) is 0.653. The second kappa shape index (κ2) is 8.27. The van der Waals surface area contributed by atoms with E-state index in [9.17, 15) is 9.59 Å². The maximum Gasteiger partial charge on any atom is 0.278 e. The molecule has 1 fully saturated rings. The number of halogens is 1. The lowest BCUT2D eigenvalue weighted by molar-refractivity contribution is -0.138. The number of likely N-dealkylation sites (tertiary alicyclic amines) is 1. The zero-order chi connectivity index (χ0) is 21.4. The molecule has 156 valence electrons. The predicted octanol–water partition coefficient (Wildman–Crippen LogP) is 4.97. The number of hydrogen-bond donors (Lipinski definition) is 0. The normalized spacial score (nSPS) is 19.8. The van der Waals surface area contributed by atoms with Gasteiger partial charge in [0.2, 0.25) is 0 Å². The summed E-state index contributed by atoms with van der Waals surface area (Å²) in [6.07, 6.45) is 2.18. The number of amides is 2. The molecule has 1 atom stereocenters. The molecule has 2 heterocycles. The second-order valence-corrected chi connectivity index (χ2v) is 8.98. The number of carbonyl (C=O) groups is 2. The largest absolute Gasteiger partial charge is 0.366 e. The van der Waals surface area contributed by atoms with Gasteiger partial charge < -0.3 is 4.90 Å². The van der Waals surface area contributed by atoms with Crippen LogP contribution in [0.15, 0.2) is 48.2 Å². The van der Waals surface area contributed by atoms with Crippen molar-refractivity contribution in [1.82, 2.24) is 9.80 Å². The molecule has 2 aliphatic heterocycles. The fourth-order valence-corrected chi connectivity index (χ4v) is 4.45. The van der Waals surface area contributed by atoms with Crippen LogP contribution in [-0.4, -0.2) is 34.7 Å². The Labute approximate surface area is 183 Å². The first kappa shape index (κ1) is 20.7. The highest BCUT2D eigenvalue weighted by Gasteiger charge is 2.42. The van der Waals surface area contributed by atoms with Gasteiger partial charge in [-0.25, -0.2) is 0 Å². The van der Waals surface area contributed by atoms with Gasteiger partial charge in [0.25, 0.3) is 11.8 Å². The minimum absolute atomic E-state index is 0.197. The highest BCUT2D eigenvalue weighted by Crippen LogP contribution is 2.35. The summed E-state index contributed by atoms with van der Waals surface area (Å²) in [5, 5.41) is 0.634. The van der Waals surface area contributed by atoms with E-state index in [0.29, 0.717) is 22.2 Å². The van der Waals surface area contributed by atoms with Gasteiger partial charge in [-0.1, -0.05) is 48.9 Å². The Hall–Kier alpha value is -2.59. The Bertz CT molecular complexity index is 1030. The standard InChI is InChI=1S/C25H27ClN2O2/c1-16-5-4-12-27(14-16)23-22(20-9-6-17(2)18(3)13-20)24(29)28(25(23)30)15-19-7-10-21(26)11-8-19/h6-11,13,16H,4-5,12,14-15H2,1-3H3. The van der Waals surface area contributed by atoms with Crippen molar-refractivity contribution in [3.05, 3.63) is 75.4 Å². The van der Waals surface area contributed by atoms with Crippen LogP contribution < -0.4 is 0 Å². The van der Waals surface area contributed by atoms with Crippen molar-refractivity contribution in [2.24, 2.45) is 5.92 Å². The molecular formula is C25H27ClN2O2. The Kier molecular flexibility index (Phi) is 5.70. The third kappa shape index (κ3) is 3.89. The van der Waals surface area contributed by atoms with Gasteiger partial charge in [0.15, 0.2) is 0 Å². The van der Waals surface area contributed by atoms with E-state index in [1.165, 1.54) is 10.5 Å². The van der Waals surface area contributed by atoms with Crippen LogP contribution >= 0.6 is 11.6 Å². The van der Waals surface area contributed by atoms with Gasteiger partial charge >= 0.3 is 0 Å².